The van der Waals surface area contributed by atoms with Gasteiger partial charge in [-0.25, -0.2) is 13.5 Å². The van der Waals surface area contributed by atoms with Gasteiger partial charge in [0, 0.05) is 29.4 Å². The number of benzene rings is 1. The van der Waals surface area contributed by atoms with Gasteiger partial charge in [0.1, 0.15) is 0 Å². The summed E-state index contributed by atoms with van der Waals surface area (Å²) in [6, 6.07) is 4.20. The topological polar surface area (TPSA) is 59.0 Å². The van der Waals surface area contributed by atoms with Gasteiger partial charge in [0.15, 0.2) is 17.3 Å². The van der Waals surface area contributed by atoms with E-state index in [9.17, 15) is 13.6 Å². The molecule has 0 saturated carbocycles. The number of hydrogen-bond acceptors (Lipinski definition) is 3. The molecule has 2 aliphatic rings. The number of nitrogens with zero attached hydrogens (tertiary/aromatic N) is 2. The highest BCUT2D eigenvalue weighted by molar-refractivity contribution is 5.94. The van der Waals surface area contributed by atoms with Crippen molar-refractivity contribution in [1.82, 2.24) is 20.4 Å². The van der Waals surface area contributed by atoms with Gasteiger partial charge in [-0.2, -0.15) is 5.10 Å². The Labute approximate surface area is 162 Å². The van der Waals surface area contributed by atoms with Gasteiger partial charge in [-0.15, -0.1) is 12.4 Å². The molecular weight excluding hydrogens is 374 g/mol. The van der Waals surface area contributed by atoms with Gasteiger partial charge in [0.05, 0.1) is 5.69 Å². The Balaban J connectivity index is 0.00000210. The van der Waals surface area contributed by atoms with Crippen molar-refractivity contribution in [3.63, 3.8) is 0 Å². The smallest absolute Gasteiger partial charge is 0.272 e. The Morgan fingerprint density at radius 2 is 2.11 bits per heavy atom. The summed E-state index contributed by atoms with van der Waals surface area (Å²) in [7, 11) is 0. The first-order valence-electron chi connectivity index (χ1n) is 9.13. The fourth-order valence-electron chi connectivity index (χ4n) is 3.97. The van der Waals surface area contributed by atoms with E-state index in [1.807, 2.05) is 0 Å². The van der Waals surface area contributed by atoms with Crippen molar-refractivity contribution in [2.24, 2.45) is 0 Å². The van der Waals surface area contributed by atoms with Crippen molar-refractivity contribution in [3.8, 4) is 5.69 Å². The van der Waals surface area contributed by atoms with Gasteiger partial charge in [-0.05, 0) is 57.7 Å². The van der Waals surface area contributed by atoms with E-state index in [1.54, 1.807) is 4.68 Å². The Kier molecular flexibility index (Phi) is 5.81. The number of aromatic nitrogens is 2. The molecule has 2 atom stereocenters. The molecular formula is C19H23ClF2N4O. The Hall–Kier alpha value is -1.99. The van der Waals surface area contributed by atoms with Crippen molar-refractivity contribution >= 4 is 18.3 Å². The summed E-state index contributed by atoms with van der Waals surface area (Å²) in [6.45, 7) is 2.99. The maximum absolute atomic E-state index is 13.6. The van der Waals surface area contributed by atoms with E-state index in [0.29, 0.717) is 17.4 Å². The van der Waals surface area contributed by atoms with Crippen LogP contribution in [0.5, 0.6) is 0 Å². The number of carbonyl (C=O) groups excluding carboxylic acids is 1. The number of rotatable bonds is 3. The van der Waals surface area contributed by atoms with Crippen molar-refractivity contribution < 1.29 is 13.6 Å². The molecule has 0 radical (unpaired) electrons. The fraction of sp³-hybridized carbons (Fsp3) is 0.474. The lowest BCUT2D eigenvalue weighted by molar-refractivity contribution is 0.0919. The quantitative estimate of drug-likeness (QED) is 0.838. The second kappa shape index (κ2) is 7.94. The number of hydrogen-bond donors (Lipinski definition) is 2. The van der Waals surface area contributed by atoms with Crippen LogP contribution in [-0.2, 0) is 12.8 Å². The maximum Gasteiger partial charge on any atom is 0.272 e. The zero-order chi connectivity index (χ0) is 18.3. The molecule has 146 valence electrons. The van der Waals surface area contributed by atoms with Crippen LogP contribution in [0.15, 0.2) is 18.2 Å². The Morgan fingerprint density at radius 3 is 2.85 bits per heavy atom. The van der Waals surface area contributed by atoms with Crippen LogP contribution in [0.25, 0.3) is 5.69 Å². The molecule has 1 aromatic heterocycles. The van der Waals surface area contributed by atoms with E-state index in [2.05, 4.69) is 22.7 Å². The van der Waals surface area contributed by atoms with Crippen LogP contribution in [0.3, 0.4) is 0 Å². The molecule has 8 heteroatoms. The monoisotopic (exact) mass is 396 g/mol. The lowest BCUT2D eigenvalue weighted by Gasteiger charge is -2.28. The first-order valence-corrected chi connectivity index (χ1v) is 9.13. The molecule has 4 rings (SSSR count). The molecule has 1 aromatic carbocycles. The van der Waals surface area contributed by atoms with Crippen LogP contribution in [0, 0.1) is 11.6 Å². The summed E-state index contributed by atoms with van der Waals surface area (Å²) in [4.78, 5) is 12.8. The molecule has 27 heavy (non-hydrogen) atoms. The molecule has 0 bridgehead atoms. The molecule has 2 aromatic rings. The molecule has 1 amide bonds. The van der Waals surface area contributed by atoms with Crippen LogP contribution in [0.1, 0.15) is 47.9 Å². The molecule has 2 N–H and O–H groups in total. The van der Waals surface area contributed by atoms with E-state index in [4.69, 9.17) is 0 Å². The second-order valence-electron chi connectivity index (χ2n) is 7.19. The molecule has 5 nitrogen and oxygen atoms in total. The van der Waals surface area contributed by atoms with Crippen LogP contribution < -0.4 is 10.6 Å². The van der Waals surface area contributed by atoms with Gasteiger partial charge in [0.25, 0.3) is 5.91 Å². The standard InChI is InChI=1S/C19H22F2N4O.ClH/c1-11-9-12(7-8-22-11)23-19(26)18-14-3-2-4-17(14)25(24-18)13-5-6-15(20)16(21)10-13;/h5-6,10-12,22H,2-4,7-9H2,1H3,(H,23,26);1H. The predicted molar refractivity (Wildman–Crippen MR) is 101 cm³/mol. The summed E-state index contributed by atoms with van der Waals surface area (Å²) >= 11 is 0. The van der Waals surface area contributed by atoms with Crippen molar-refractivity contribution in [2.45, 2.75) is 51.1 Å². The lowest BCUT2D eigenvalue weighted by Crippen LogP contribution is -2.46. The van der Waals surface area contributed by atoms with Gasteiger partial charge in [-0.3, -0.25) is 4.79 Å². The largest absolute Gasteiger partial charge is 0.348 e. The molecule has 1 saturated heterocycles. The number of fused-ring (bicyclic) bond motifs is 1. The first kappa shape index (κ1) is 19.8. The minimum atomic E-state index is -0.917. The lowest BCUT2D eigenvalue weighted by atomic mass is 10.0. The summed E-state index contributed by atoms with van der Waals surface area (Å²) < 4.78 is 28.5. The van der Waals surface area contributed by atoms with Crippen molar-refractivity contribution in [2.75, 3.05) is 6.54 Å². The third-order valence-corrected chi connectivity index (χ3v) is 5.25. The van der Waals surface area contributed by atoms with Gasteiger partial charge in [-0.1, -0.05) is 0 Å². The minimum Gasteiger partial charge on any atom is -0.348 e. The molecule has 1 fully saturated rings. The Bertz CT molecular complexity index is 854. The summed E-state index contributed by atoms with van der Waals surface area (Å²) in [5.41, 5.74) is 2.69. The van der Waals surface area contributed by atoms with Gasteiger partial charge in [0.2, 0.25) is 0 Å². The average Bonchev–Trinajstić information content (AvgIpc) is 3.20. The average molecular weight is 397 g/mol. The highest BCUT2D eigenvalue weighted by Gasteiger charge is 2.29. The summed E-state index contributed by atoms with van der Waals surface area (Å²) in [5.74, 6) is -1.99. The molecule has 2 unspecified atom stereocenters. The number of nitrogens with one attached hydrogen (secondary N) is 2. The van der Waals surface area contributed by atoms with E-state index in [-0.39, 0.29) is 24.4 Å². The molecule has 0 spiro atoms. The van der Waals surface area contributed by atoms with E-state index < -0.39 is 11.6 Å². The fourth-order valence-corrected chi connectivity index (χ4v) is 3.97. The Morgan fingerprint density at radius 1 is 1.30 bits per heavy atom. The van der Waals surface area contributed by atoms with Crippen molar-refractivity contribution in [1.29, 1.82) is 0 Å². The summed E-state index contributed by atoms with van der Waals surface area (Å²) in [5, 5.41) is 10.9. The number of halogens is 3. The van der Waals surface area contributed by atoms with E-state index in [0.717, 1.165) is 62.0 Å². The zero-order valence-corrected chi connectivity index (χ0v) is 15.9. The van der Waals surface area contributed by atoms with Crippen LogP contribution >= 0.6 is 12.4 Å². The first-order chi connectivity index (χ1) is 12.5. The predicted octanol–water partition coefficient (Wildman–Crippen LogP) is 2.93. The van der Waals surface area contributed by atoms with Crippen LogP contribution in [0.2, 0.25) is 0 Å². The van der Waals surface area contributed by atoms with Gasteiger partial charge < -0.3 is 10.6 Å². The third kappa shape index (κ3) is 3.84. The maximum atomic E-state index is 13.6. The SMILES string of the molecule is CC1CC(NC(=O)c2nn(-c3ccc(F)c(F)c3)c3c2CCC3)CCN1.Cl. The van der Waals surface area contributed by atoms with Crippen molar-refractivity contribution in [3.05, 3.63) is 46.8 Å². The zero-order valence-electron chi connectivity index (χ0n) is 15.1. The van der Waals surface area contributed by atoms with E-state index >= 15 is 0 Å². The highest BCUT2D eigenvalue weighted by Crippen LogP contribution is 2.28. The van der Waals surface area contributed by atoms with Crippen LogP contribution in [0.4, 0.5) is 8.78 Å². The number of amides is 1. The van der Waals surface area contributed by atoms with Crippen LogP contribution in [-0.4, -0.2) is 34.3 Å². The minimum absolute atomic E-state index is 0. The van der Waals surface area contributed by atoms with Gasteiger partial charge >= 0.3 is 0 Å². The normalized spacial score (nSPS) is 21.4. The molecule has 1 aliphatic carbocycles. The highest BCUT2D eigenvalue weighted by atomic mass is 35.5. The second-order valence-corrected chi connectivity index (χ2v) is 7.19. The third-order valence-electron chi connectivity index (χ3n) is 5.25. The molecule has 1 aliphatic heterocycles. The summed E-state index contributed by atoms with van der Waals surface area (Å²) in [6.07, 6.45) is 4.27. The number of carbonyl (C=O) groups is 1. The molecule has 2 heterocycles. The van der Waals surface area contributed by atoms with E-state index in [1.165, 1.54) is 6.07 Å². The number of piperidine rings is 1.